The molecule has 0 unspecified atom stereocenters. The average Bonchev–Trinajstić information content (AvgIpc) is 2.60. The Morgan fingerprint density at radius 1 is 1.53 bits per heavy atom. The van der Waals surface area contributed by atoms with Crippen LogP contribution in [0.3, 0.4) is 0 Å². The summed E-state index contributed by atoms with van der Waals surface area (Å²) >= 11 is 0. The number of hydrogen-bond donors (Lipinski definition) is 1. The second kappa shape index (κ2) is 6.24. The number of nitrogens with one attached hydrogen (secondary N) is 1. The Balaban J connectivity index is 2.09. The first-order chi connectivity index (χ1) is 7.22. The lowest BCUT2D eigenvalue weighted by molar-refractivity contribution is -0.142. The van der Waals surface area contributed by atoms with Gasteiger partial charge in [-0.25, -0.2) is 0 Å². The topological polar surface area (TPSA) is 51.5 Å². The monoisotopic (exact) mass is 211 g/mol. The molecule has 15 heavy (non-hydrogen) atoms. The van der Waals surface area contributed by atoms with Crippen LogP contribution in [-0.2, 0) is 16.1 Å². The summed E-state index contributed by atoms with van der Waals surface area (Å²) in [4.78, 5) is 11.0. The van der Waals surface area contributed by atoms with Gasteiger partial charge in [0.25, 0.3) is 0 Å². The standard InChI is InChI=1S/C11H17NO3/c1-3-14-11(13)6-7-12-8-10-5-4-9(2)15-10/h4-5,12H,3,6-8H2,1-2H3. The van der Waals surface area contributed by atoms with E-state index in [1.54, 1.807) is 6.92 Å². The van der Waals surface area contributed by atoms with E-state index in [1.807, 2.05) is 19.1 Å². The van der Waals surface area contributed by atoms with Crippen LogP contribution in [0.15, 0.2) is 16.5 Å². The van der Waals surface area contributed by atoms with Crippen LogP contribution in [0.4, 0.5) is 0 Å². The molecule has 0 bridgehead atoms. The number of carbonyl (C=O) groups is 1. The summed E-state index contributed by atoms with van der Waals surface area (Å²) < 4.78 is 10.2. The number of ether oxygens (including phenoxy) is 1. The first-order valence-electron chi connectivity index (χ1n) is 5.14. The van der Waals surface area contributed by atoms with E-state index in [-0.39, 0.29) is 5.97 Å². The highest BCUT2D eigenvalue weighted by Gasteiger charge is 2.01. The third-order valence-corrected chi connectivity index (χ3v) is 1.91. The lowest BCUT2D eigenvalue weighted by Gasteiger charge is -2.02. The highest BCUT2D eigenvalue weighted by atomic mass is 16.5. The van der Waals surface area contributed by atoms with Crippen molar-refractivity contribution >= 4 is 5.97 Å². The minimum atomic E-state index is -0.166. The molecule has 4 nitrogen and oxygen atoms in total. The van der Waals surface area contributed by atoms with Gasteiger partial charge in [-0.15, -0.1) is 0 Å². The van der Waals surface area contributed by atoms with Gasteiger partial charge >= 0.3 is 5.97 Å². The Hall–Kier alpha value is -1.29. The van der Waals surface area contributed by atoms with Gasteiger partial charge in [0.15, 0.2) is 0 Å². The molecule has 0 saturated carbocycles. The van der Waals surface area contributed by atoms with Crippen molar-refractivity contribution in [3.8, 4) is 0 Å². The molecule has 4 heteroatoms. The summed E-state index contributed by atoms with van der Waals surface area (Å²) in [7, 11) is 0. The Bertz CT molecular complexity index is 307. The number of hydrogen-bond acceptors (Lipinski definition) is 4. The molecule has 0 aliphatic carbocycles. The van der Waals surface area contributed by atoms with Crippen molar-refractivity contribution in [1.29, 1.82) is 0 Å². The van der Waals surface area contributed by atoms with Crippen LogP contribution in [0.1, 0.15) is 24.9 Å². The predicted molar refractivity (Wildman–Crippen MR) is 56.4 cm³/mol. The van der Waals surface area contributed by atoms with E-state index in [0.29, 0.717) is 26.1 Å². The summed E-state index contributed by atoms with van der Waals surface area (Å²) in [5.41, 5.74) is 0. The van der Waals surface area contributed by atoms with E-state index in [9.17, 15) is 4.79 Å². The zero-order chi connectivity index (χ0) is 11.1. The minimum absolute atomic E-state index is 0.166. The van der Waals surface area contributed by atoms with Crippen molar-refractivity contribution in [2.45, 2.75) is 26.8 Å². The first kappa shape index (κ1) is 11.8. The van der Waals surface area contributed by atoms with Crippen LogP contribution in [0, 0.1) is 6.92 Å². The van der Waals surface area contributed by atoms with Crippen LogP contribution in [0.2, 0.25) is 0 Å². The smallest absolute Gasteiger partial charge is 0.307 e. The Morgan fingerprint density at radius 3 is 2.93 bits per heavy atom. The Labute approximate surface area is 89.6 Å². The first-order valence-corrected chi connectivity index (χ1v) is 5.14. The third kappa shape index (κ3) is 4.65. The van der Waals surface area contributed by atoms with E-state index in [4.69, 9.17) is 9.15 Å². The molecule has 1 aromatic heterocycles. The number of rotatable bonds is 6. The van der Waals surface area contributed by atoms with Crippen molar-refractivity contribution < 1.29 is 13.9 Å². The molecule has 1 rings (SSSR count). The van der Waals surface area contributed by atoms with Crippen LogP contribution < -0.4 is 5.32 Å². The SMILES string of the molecule is CCOC(=O)CCNCc1ccc(C)o1. The summed E-state index contributed by atoms with van der Waals surface area (Å²) in [6.45, 7) is 5.40. The summed E-state index contributed by atoms with van der Waals surface area (Å²) in [6.07, 6.45) is 0.396. The molecule has 0 radical (unpaired) electrons. The van der Waals surface area contributed by atoms with E-state index >= 15 is 0 Å². The van der Waals surface area contributed by atoms with Crippen molar-refractivity contribution in [3.63, 3.8) is 0 Å². The fourth-order valence-electron chi connectivity index (χ4n) is 1.22. The maximum absolute atomic E-state index is 11.0. The predicted octanol–water partition coefficient (Wildman–Crippen LogP) is 1.63. The number of esters is 1. The minimum Gasteiger partial charge on any atom is -0.466 e. The lowest BCUT2D eigenvalue weighted by Crippen LogP contribution is -2.18. The van der Waals surface area contributed by atoms with Gasteiger partial charge in [-0.3, -0.25) is 4.79 Å². The molecule has 0 saturated heterocycles. The van der Waals surface area contributed by atoms with Gasteiger partial charge < -0.3 is 14.5 Å². The maximum Gasteiger partial charge on any atom is 0.307 e. The molecular formula is C11H17NO3. The number of carbonyl (C=O) groups excluding carboxylic acids is 1. The van der Waals surface area contributed by atoms with Crippen molar-refractivity contribution in [3.05, 3.63) is 23.7 Å². The quantitative estimate of drug-likeness (QED) is 0.574. The fourth-order valence-corrected chi connectivity index (χ4v) is 1.22. The largest absolute Gasteiger partial charge is 0.466 e. The molecule has 0 aromatic carbocycles. The van der Waals surface area contributed by atoms with Crippen molar-refractivity contribution in [2.24, 2.45) is 0 Å². The Morgan fingerprint density at radius 2 is 2.33 bits per heavy atom. The van der Waals surface area contributed by atoms with Crippen LogP contribution in [-0.4, -0.2) is 19.1 Å². The number of furan rings is 1. The molecule has 0 atom stereocenters. The molecule has 0 aliphatic heterocycles. The molecule has 1 aromatic rings. The molecule has 0 spiro atoms. The second-order valence-electron chi connectivity index (χ2n) is 3.24. The van der Waals surface area contributed by atoms with Crippen LogP contribution in [0.5, 0.6) is 0 Å². The highest BCUT2D eigenvalue weighted by molar-refractivity contribution is 5.69. The summed E-state index contributed by atoms with van der Waals surface area (Å²) in [6, 6.07) is 3.84. The van der Waals surface area contributed by atoms with Crippen molar-refractivity contribution in [1.82, 2.24) is 5.32 Å². The molecule has 0 aliphatic rings. The normalized spacial score (nSPS) is 10.3. The van der Waals surface area contributed by atoms with E-state index in [1.165, 1.54) is 0 Å². The highest BCUT2D eigenvalue weighted by Crippen LogP contribution is 2.05. The van der Waals surface area contributed by atoms with Crippen molar-refractivity contribution in [2.75, 3.05) is 13.2 Å². The molecule has 1 N–H and O–H groups in total. The number of aryl methyl sites for hydroxylation is 1. The average molecular weight is 211 g/mol. The molecule has 1 heterocycles. The molecule has 0 amide bonds. The van der Waals surface area contributed by atoms with Gasteiger partial charge in [0.05, 0.1) is 19.6 Å². The summed E-state index contributed by atoms with van der Waals surface area (Å²) in [5, 5.41) is 3.11. The van der Waals surface area contributed by atoms with Crippen LogP contribution >= 0.6 is 0 Å². The van der Waals surface area contributed by atoms with Gasteiger partial charge in [-0.05, 0) is 26.0 Å². The maximum atomic E-state index is 11.0. The molecule has 0 fully saturated rings. The molecule has 84 valence electrons. The van der Waals surface area contributed by atoms with E-state index < -0.39 is 0 Å². The fraction of sp³-hybridized carbons (Fsp3) is 0.545. The van der Waals surface area contributed by atoms with E-state index in [0.717, 1.165) is 11.5 Å². The van der Waals surface area contributed by atoms with Gasteiger partial charge in [0.1, 0.15) is 11.5 Å². The van der Waals surface area contributed by atoms with Gasteiger partial charge in [0, 0.05) is 6.54 Å². The van der Waals surface area contributed by atoms with Gasteiger partial charge in [-0.2, -0.15) is 0 Å². The van der Waals surface area contributed by atoms with Gasteiger partial charge in [0.2, 0.25) is 0 Å². The lowest BCUT2D eigenvalue weighted by atomic mass is 10.4. The van der Waals surface area contributed by atoms with Crippen LogP contribution in [0.25, 0.3) is 0 Å². The zero-order valence-corrected chi connectivity index (χ0v) is 9.21. The second-order valence-corrected chi connectivity index (χ2v) is 3.24. The Kier molecular flexibility index (Phi) is 4.90. The van der Waals surface area contributed by atoms with Gasteiger partial charge in [-0.1, -0.05) is 0 Å². The zero-order valence-electron chi connectivity index (χ0n) is 9.21. The summed E-state index contributed by atoms with van der Waals surface area (Å²) in [5.74, 6) is 1.62. The van der Waals surface area contributed by atoms with E-state index in [2.05, 4.69) is 5.32 Å². The molecular weight excluding hydrogens is 194 g/mol. The third-order valence-electron chi connectivity index (χ3n) is 1.91.